The quantitative estimate of drug-likeness (QED) is 0.673. The van der Waals surface area contributed by atoms with Crippen molar-refractivity contribution < 1.29 is 10.2 Å². The van der Waals surface area contributed by atoms with Crippen LogP contribution in [0.15, 0.2) is 0 Å². The summed E-state index contributed by atoms with van der Waals surface area (Å²) >= 11 is 0. The van der Waals surface area contributed by atoms with Gasteiger partial charge in [0.1, 0.15) is 0 Å². The molecule has 72 valence electrons. The fourth-order valence-electron chi connectivity index (χ4n) is 2.46. The lowest BCUT2D eigenvalue weighted by atomic mass is 9.83. The van der Waals surface area contributed by atoms with Gasteiger partial charge in [-0.25, -0.2) is 0 Å². The van der Waals surface area contributed by atoms with Gasteiger partial charge in [-0.3, -0.25) is 0 Å². The van der Waals surface area contributed by atoms with Crippen molar-refractivity contribution in [3.63, 3.8) is 0 Å². The molecule has 1 saturated carbocycles. The van der Waals surface area contributed by atoms with Gasteiger partial charge in [-0.15, -0.1) is 0 Å². The molecule has 4 unspecified atom stereocenters. The van der Waals surface area contributed by atoms with Crippen molar-refractivity contribution in [3.8, 4) is 0 Å². The summed E-state index contributed by atoms with van der Waals surface area (Å²) < 4.78 is 0. The van der Waals surface area contributed by atoms with E-state index < -0.39 is 0 Å². The minimum atomic E-state index is 0.258. The van der Waals surface area contributed by atoms with Crippen LogP contribution in [-0.4, -0.2) is 23.4 Å². The Morgan fingerprint density at radius 3 is 2.50 bits per heavy atom. The second-order valence-electron chi connectivity index (χ2n) is 4.22. The zero-order valence-electron chi connectivity index (χ0n) is 8.03. The number of hydrogen-bond donors (Lipinski definition) is 2. The lowest BCUT2D eigenvalue weighted by molar-refractivity contribution is 0.108. The second kappa shape index (κ2) is 4.24. The fraction of sp³-hybridized carbons (Fsp3) is 1.00. The van der Waals surface area contributed by atoms with E-state index in [1.54, 1.807) is 0 Å². The van der Waals surface area contributed by atoms with Crippen LogP contribution in [0.1, 0.15) is 26.7 Å². The summed E-state index contributed by atoms with van der Waals surface area (Å²) in [4.78, 5) is 0. The molecule has 0 saturated heterocycles. The van der Waals surface area contributed by atoms with E-state index in [2.05, 4.69) is 13.8 Å². The predicted molar refractivity (Wildman–Crippen MR) is 48.7 cm³/mol. The maximum atomic E-state index is 9.17. The van der Waals surface area contributed by atoms with Crippen LogP contribution in [0.4, 0.5) is 0 Å². The normalized spacial score (nSPS) is 38.5. The molecular formula is C10H20O2. The largest absolute Gasteiger partial charge is 0.396 e. The molecule has 1 aliphatic carbocycles. The SMILES string of the molecule is CC1CCC(C(C)CO)C1CO. The Bertz CT molecular complexity index is 136. The van der Waals surface area contributed by atoms with Crippen LogP contribution in [-0.2, 0) is 0 Å². The first-order chi connectivity index (χ1) is 5.70. The molecule has 0 radical (unpaired) electrons. The van der Waals surface area contributed by atoms with Crippen LogP contribution in [0, 0.1) is 23.7 Å². The van der Waals surface area contributed by atoms with E-state index in [9.17, 15) is 0 Å². The van der Waals surface area contributed by atoms with Gasteiger partial charge >= 0.3 is 0 Å². The third-order valence-electron chi connectivity index (χ3n) is 3.47. The first-order valence-corrected chi connectivity index (χ1v) is 4.92. The number of hydrogen-bond acceptors (Lipinski definition) is 2. The van der Waals surface area contributed by atoms with Crippen LogP contribution in [0.5, 0.6) is 0 Å². The Morgan fingerprint density at radius 1 is 1.33 bits per heavy atom. The molecular weight excluding hydrogens is 152 g/mol. The van der Waals surface area contributed by atoms with Crippen LogP contribution in [0.25, 0.3) is 0 Å². The van der Waals surface area contributed by atoms with E-state index in [0.29, 0.717) is 23.7 Å². The highest BCUT2D eigenvalue weighted by molar-refractivity contribution is 4.84. The van der Waals surface area contributed by atoms with Gasteiger partial charge in [-0.2, -0.15) is 0 Å². The third-order valence-corrected chi connectivity index (χ3v) is 3.47. The Labute approximate surface area is 74.6 Å². The predicted octanol–water partition coefficient (Wildman–Crippen LogP) is 1.27. The molecule has 0 aliphatic heterocycles. The molecule has 1 fully saturated rings. The first kappa shape index (κ1) is 10.0. The smallest absolute Gasteiger partial charge is 0.0464 e. The first-order valence-electron chi connectivity index (χ1n) is 4.92. The summed E-state index contributed by atoms with van der Waals surface area (Å²) in [7, 11) is 0. The van der Waals surface area contributed by atoms with Crippen LogP contribution in [0.3, 0.4) is 0 Å². The van der Waals surface area contributed by atoms with E-state index in [1.165, 1.54) is 12.8 Å². The molecule has 1 rings (SSSR count). The number of rotatable bonds is 3. The highest BCUT2D eigenvalue weighted by atomic mass is 16.3. The molecule has 0 amide bonds. The Morgan fingerprint density at radius 2 is 2.00 bits per heavy atom. The molecule has 0 spiro atoms. The lowest BCUT2D eigenvalue weighted by Crippen LogP contribution is -2.24. The second-order valence-corrected chi connectivity index (χ2v) is 4.22. The zero-order chi connectivity index (χ0) is 9.14. The average Bonchev–Trinajstić information content (AvgIpc) is 2.45. The summed E-state index contributed by atoms with van der Waals surface area (Å²) in [5.41, 5.74) is 0. The minimum absolute atomic E-state index is 0.258. The van der Waals surface area contributed by atoms with Gasteiger partial charge in [0.05, 0.1) is 0 Å². The monoisotopic (exact) mass is 172 g/mol. The lowest BCUT2D eigenvalue weighted by Gasteiger charge is -2.24. The number of aliphatic hydroxyl groups is 2. The van der Waals surface area contributed by atoms with Gasteiger partial charge in [-0.05, 0) is 30.1 Å². The Balaban J connectivity index is 2.53. The van der Waals surface area contributed by atoms with E-state index in [0.717, 1.165) is 0 Å². The number of aliphatic hydroxyl groups excluding tert-OH is 2. The van der Waals surface area contributed by atoms with Gasteiger partial charge in [-0.1, -0.05) is 20.3 Å². The molecule has 12 heavy (non-hydrogen) atoms. The topological polar surface area (TPSA) is 40.5 Å². The van der Waals surface area contributed by atoms with Gasteiger partial charge in [0.2, 0.25) is 0 Å². The van der Waals surface area contributed by atoms with E-state index >= 15 is 0 Å². The van der Waals surface area contributed by atoms with Gasteiger partial charge in [0.25, 0.3) is 0 Å². The van der Waals surface area contributed by atoms with Gasteiger partial charge in [0.15, 0.2) is 0 Å². The fourth-order valence-corrected chi connectivity index (χ4v) is 2.46. The standard InChI is InChI=1S/C10H20O2/c1-7-3-4-9(8(2)5-11)10(7)6-12/h7-12H,3-6H2,1-2H3. The van der Waals surface area contributed by atoms with Gasteiger partial charge < -0.3 is 10.2 Å². The van der Waals surface area contributed by atoms with Crippen molar-refractivity contribution in [3.05, 3.63) is 0 Å². The van der Waals surface area contributed by atoms with Crippen molar-refractivity contribution in [2.24, 2.45) is 23.7 Å². The molecule has 0 aromatic carbocycles. The summed E-state index contributed by atoms with van der Waals surface area (Å²) in [5.74, 6) is 1.95. The Kier molecular flexibility index (Phi) is 3.53. The van der Waals surface area contributed by atoms with Crippen molar-refractivity contribution in [2.45, 2.75) is 26.7 Å². The van der Waals surface area contributed by atoms with E-state index in [4.69, 9.17) is 10.2 Å². The van der Waals surface area contributed by atoms with Crippen molar-refractivity contribution in [1.29, 1.82) is 0 Å². The van der Waals surface area contributed by atoms with E-state index in [-0.39, 0.29) is 13.2 Å². The van der Waals surface area contributed by atoms with Crippen LogP contribution in [0.2, 0.25) is 0 Å². The molecule has 2 heteroatoms. The maximum absolute atomic E-state index is 9.17. The molecule has 4 atom stereocenters. The molecule has 1 aliphatic rings. The van der Waals surface area contributed by atoms with Crippen LogP contribution < -0.4 is 0 Å². The van der Waals surface area contributed by atoms with E-state index in [1.807, 2.05) is 0 Å². The summed E-state index contributed by atoms with van der Waals surface area (Å²) in [6.07, 6.45) is 2.38. The average molecular weight is 172 g/mol. The Hall–Kier alpha value is -0.0800. The molecule has 0 heterocycles. The third kappa shape index (κ3) is 1.80. The minimum Gasteiger partial charge on any atom is -0.396 e. The molecule has 0 bridgehead atoms. The van der Waals surface area contributed by atoms with Crippen LogP contribution >= 0.6 is 0 Å². The van der Waals surface area contributed by atoms with Crippen molar-refractivity contribution in [1.82, 2.24) is 0 Å². The maximum Gasteiger partial charge on any atom is 0.0464 e. The molecule has 0 aromatic heterocycles. The molecule has 0 aromatic rings. The summed E-state index contributed by atoms with van der Waals surface area (Å²) in [6, 6.07) is 0. The van der Waals surface area contributed by atoms with Crippen molar-refractivity contribution in [2.75, 3.05) is 13.2 Å². The van der Waals surface area contributed by atoms with Gasteiger partial charge in [0, 0.05) is 13.2 Å². The zero-order valence-corrected chi connectivity index (χ0v) is 8.03. The summed E-state index contributed by atoms with van der Waals surface area (Å²) in [5, 5.41) is 18.2. The summed E-state index contributed by atoms with van der Waals surface area (Å²) in [6.45, 7) is 4.82. The molecule has 2 N–H and O–H groups in total. The highest BCUT2D eigenvalue weighted by Gasteiger charge is 2.35. The highest BCUT2D eigenvalue weighted by Crippen LogP contribution is 2.40. The van der Waals surface area contributed by atoms with Crippen molar-refractivity contribution >= 4 is 0 Å². The molecule has 2 nitrogen and oxygen atoms in total.